The molecule has 0 aromatic rings. The molecule has 2 bridgehead atoms. The summed E-state index contributed by atoms with van der Waals surface area (Å²) in [6.07, 6.45) is 4.96. The van der Waals surface area contributed by atoms with Gasteiger partial charge in [-0.3, -0.25) is 9.59 Å². The molecule has 5 saturated heterocycles. The summed E-state index contributed by atoms with van der Waals surface area (Å²) < 4.78 is 0. The molecule has 0 saturated carbocycles. The molecule has 0 spiro atoms. The highest BCUT2D eigenvalue weighted by Gasteiger charge is 2.51. The summed E-state index contributed by atoms with van der Waals surface area (Å²) in [6, 6.07) is -0.0928. The highest BCUT2D eigenvalue weighted by molar-refractivity contribution is 5.97. The molecule has 5 heteroatoms. The predicted molar refractivity (Wildman–Crippen MR) is 78.6 cm³/mol. The van der Waals surface area contributed by atoms with Gasteiger partial charge >= 0.3 is 0 Å². The van der Waals surface area contributed by atoms with Crippen LogP contribution in [0.3, 0.4) is 0 Å². The maximum atomic E-state index is 13.0. The first-order chi connectivity index (χ1) is 10.2. The van der Waals surface area contributed by atoms with Crippen LogP contribution in [0, 0.1) is 5.92 Å². The Labute approximate surface area is 126 Å². The molecule has 0 aliphatic carbocycles. The largest absolute Gasteiger partial charge is 0.329 e. The van der Waals surface area contributed by atoms with Gasteiger partial charge in [-0.2, -0.15) is 0 Å². The third-order valence-electron chi connectivity index (χ3n) is 6.06. The summed E-state index contributed by atoms with van der Waals surface area (Å²) >= 11 is 0. The molecule has 5 fully saturated rings. The highest BCUT2D eigenvalue weighted by Crippen LogP contribution is 2.36. The van der Waals surface area contributed by atoms with Gasteiger partial charge in [-0.05, 0) is 51.1 Å². The molecule has 21 heavy (non-hydrogen) atoms. The van der Waals surface area contributed by atoms with Crippen molar-refractivity contribution in [1.29, 1.82) is 0 Å². The number of carbonyl (C=O) groups excluding carboxylic acids is 2. The minimum Gasteiger partial charge on any atom is -0.329 e. The molecule has 5 nitrogen and oxygen atoms in total. The first-order valence-electron chi connectivity index (χ1n) is 8.55. The Balaban J connectivity index is 1.65. The lowest BCUT2D eigenvalue weighted by atomic mass is 9.81. The Morgan fingerprint density at radius 2 is 1.81 bits per heavy atom. The molecule has 2 amide bonds. The van der Waals surface area contributed by atoms with Crippen molar-refractivity contribution in [3.05, 3.63) is 0 Å². The van der Waals surface area contributed by atoms with Gasteiger partial charge in [-0.15, -0.1) is 0 Å². The van der Waals surface area contributed by atoms with Crippen molar-refractivity contribution >= 4 is 11.8 Å². The van der Waals surface area contributed by atoms with Crippen LogP contribution in [0.4, 0.5) is 0 Å². The van der Waals surface area contributed by atoms with Gasteiger partial charge in [0.05, 0.1) is 0 Å². The molecule has 5 heterocycles. The number of hydrogen-bond acceptors (Lipinski definition) is 3. The van der Waals surface area contributed by atoms with Crippen molar-refractivity contribution < 1.29 is 9.59 Å². The molecule has 5 aliphatic heterocycles. The van der Waals surface area contributed by atoms with Crippen molar-refractivity contribution in [2.24, 2.45) is 5.92 Å². The molecule has 3 atom stereocenters. The van der Waals surface area contributed by atoms with Gasteiger partial charge in [0.25, 0.3) is 0 Å². The van der Waals surface area contributed by atoms with E-state index in [4.69, 9.17) is 0 Å². The van der Waals surface area contributed by atoms with Gasteiger partial charge in [0, 0.05) is 19.1 Å². The topological polar surface area (TPSA) is 43.9 Å². The second kappa shape index (κ2) is 4.97. The Morgan fingerprint density at radius 3 is 2.43 bits per heavy atom. The minimum absolute atomic E-state index is 0.157. The van der Waals surface area contributed by atoms with E-state index in [-0.39, 0.29) is 29.9 Å². The van der Waals surface area contributed by atoms with E-state index in [1.807, 2.05) is 16.7 Å². The number of piperidine rings is 3. The Kier molecular flexibility index (Phi) is 3.21. The van der Waals surface area contributed by atoms with Crippen molar-refractivity contribution in [2.75, 3.05) is 26.2 Å². The Bertz CT molecular complexity index is 458. The molecule has 5 rings (SSSR count). The van der Waals surface area contributed by atoms with Crippen LogP contribution >= 0.6 is 0 Å². The van der Waals surface area contributed by atoms with Crippen LogP contribution in [0.5, 0.6) is 0 Å². The van der Waals surface area contributed by atoms with Gasteiger partial charge in [0.1, 0.15) is 12.1 Å². The maximum Gasteiger partial charge on any atom is 0.246 e. The van der Waals surface area contributed by atoms with Crippen LogP contribution in [-0.4, -0.2) is 70.8 Å². The molecular weight excluding hydrogens is 266 g/mol. The third kappa shape index (κ3) is 1.93. The van der Waals surface area contributed by atoms with Gasteiger partial charge < -0.3 is 14.7 Å². The van der Waals surface area contributed by atoms with Crippen LogP contribution in [0.1, 0.15) is 39.0 Å². The van der Waals surface area contributed by atoms with E-state index in [0.717, 1.165) is 32.4 Å². The summed E-state index contributed by atoms with van der Waals surface area (Å²) in [5.74, 6) is 1.04. The number of rotatable bonds is 2. The van der Waals surface area contributed by atoms with Crippen molar-refractivity contribution in [1.82, 2.24) is 14.7 Å². The average molecular weight is 291 g/mol. The minimum atomic E-state index is -0.211. The van der Waals surface area contributed by atoms with Crippen LogP contribution < -0.4 is 0 Å². The number of piperazine rings is 1. The summed E-state index contributed by atoms with van der Waals surface area (Å²) in [6.45, 7) is 6.14. The smallest absolute Gasteiger partial charge is 0.246 e. The van der Waals surface area contributed by atoms with Crippen LogP contribution in [0.25, 0.3) is 0 Å². The summed E-state index contributed by atoms with van der Waals surface area (Å²) in [5.41, 5.74) is 0. The zero-order valence-corrected chi connectivity index (χ0v) is 12.8. The summed E-state index contributed by atoms with van der Waals surface area (Å²) in [5, 5.41) is 0. The van der Waals surface area contributed by atoms with Gasteiger partial charge in [0.15, 0.2) is 0 Å². The number of nitrogens with zero attached hydrogens (tertiary/aromatic N) is 3. The molecule has 3 unspecified atom stereocenters. The van der Waals surface area contributed by atoms with Crippen molar-refractivity contribution in [3.63, 3.8) is 0 Å². The van der Waals surface area contributed by atoms with E-state index >= 15 is 0 Å². The average Bonchev–Trinajstić information content (AvgIpc) is 3.02. The number of hydrogen-bond donors (Lipinski definition) is 0. The second-order valence-corrected chi connectivity index (χ2v) is 7.06. The monoisotopic (exact) mass is 291 g/mol. The number of amides is 2. The number of carbonyl (C=O) groups is 2. The van der Waals surface area contributed by atoms with Crippen molar-refractivity contribution in [2.45, 2.75) is 57.2 Å². The lowest BCUT2D eigenvalue weighted by molar-refractivity contribution is -0.166. The van der Waals surface area contributed by atoms with E-state index in [9.17, 15) is 9.59 Å². The third-order valence-corrected chi connectivity index (χ3v) is 6.06. The van der Waals surface area contributed by atoms with Gasteiger partial charge in [-0.1, -0.05) is 6.92 Å². The van der Waals surface area contributed by atoms with E-state index < -0.39 is 0 Å². The van der Waals surface area contributed by atoms with Gasteiger partial charge in [-0.25, -0.2) is 0 Å². The zero-order valence-electron chi connectivity index (χ0n) is 12.8. The summed E-state index contributed by atoms with van der Waals surface area (Å²) in [4.78, 5) is 32.1. The fourth-order valence-electron chi connectivity index (χ4n) is 4.94. The molecule has 0 aromatic heterocycles. The normalized spacial score (nSPS) is 42.6. The number of fused-ring (bicyclic) bond motifs is 4. The zero-order chi connectivity index (χ0) is 14.6. The fraction of sp³-hybridized carbons (Fsp3) is 0.875. The van der Waals surface area contributed by atoms with Crippen LogP contribution in [0.2, 0.25) is 0 Å². The first-order valence-corrected chi connectivity index (χ1v) is 8.55. The molecular formula is C16H25N3O2. The molecule has 0 radical (unpaired) electrons. The molecule has 0 aromatic carbocycles. The highest BCUT2D eigenvalue weighted by atomic mass is 16.2. The lowest BCUT2D eigenvalue weighted by Gasteiger charge is -2.53. The van der Waals surface area contributed by atoms with E-state index in [1.54, 1.807) is 0 Å². The Morgan fingerprint density at radius 1 is 1.05 bits per heavy atom. The predicted octanol–water partition coefficient (Wildman–Crippen LogP) is 0.692. The SMILES string of the molecule is CCC1C(=O)N2CCCC2C(=O)N1C1CN2CCC1CC2. The molecule has 5 aliphatic rings. The van der Waals surface area contributed by atoms with Crippen molar-refractivity contribution in [3.8, 4) is 0 Å². The van der Waals surface area contributed by atoms with Crippen LogP contribution in [0.15, 0.2) is 0 Å². The first kappa shape index (κ1) is 13.6. The Hall–Kier alpha value is -1.10. The fourth-order valence-corrected chi connectivity index (χ4v) is 4.94. The van der Waals surface area contributed by atoms with E-state index in [1.165, 1.54) is 25.9 Å². The summed E-state index contributed by atoms with van der Waals surface area (Å²) in [7, 11) is 0. The second-order valence-electron chi connectivity index (χ2n) is 7.06. The van der Waals surface area contributed by atoms with E-state index in [2.05, 4.69) is 4.90 Å². The molecule has 116 valence electrons. The quantitative estimate of drug-likeness (QED) is 0.752. The van der Waals surface area contributed by atoms with Crippen LogP contribution in [-0.2, 0) is 9.59 Å². The van der Waals surface area contributed by atoms with Gasteiger partial charge in [0.2, 0.25) is 11.8 Å². The maximum absolute atomic E-state index is 13.0. The molecule has 0 N–H and O–H groups in total. The van der Waals surface area contributed by atoms with E-state index in [0.29, 0.717) is 5.92 Å². The lowest BCUT2D eigenvalue weighted by Crippen LogP contribution is -2.69. The standard InChI is InChI=1S/C16H25N3O2/c1-2-12-15(20)18-7-3-4-13(18)16(21)19(12)14-10-17-8-5-11(14)6-9-17/h11-14H,2-10H2,1H3.